The molecule has 4 nitrogen and oxygen atoms in total. The molecule has 0 bridgehead atoms. The Labute approximate surface area is 196 Å². The van der Waals surface area contributed by atoms with Crippen LogP contribution >= 0.6 is 11.3 Å². The Morgan fingerprint density at radius 2 is 1.75 bits per heavy atom. The maximum atomic E-state index is 12.8. The van der Waals surface area contributed by atoms with E-state index in [4.69, 9.17) is 4.74 Å². The fraction of sp³-hybridized carbons (Fsp3) is 0.556. The van der Waals surface area contributed by atoms with E-state index in [1.807, 2.05) is 0 Å². The lowest BCUT2D eigenvalue weighted by molar-refractivity contribution is -0.116. The molecule has 1 unspecified atom stereocenters. The van der Waals surface area contributed by atoms with E-state index in [1.54, 1.807) is 11.3 Å². The summed E-state index contributed by atoms with van der Waals surface area (Å²) in [5.74, 6) is 0.143. The Kier molecular flexibility index (Phi) is 7.18. The van der Waals surface area contributed by atoms with Crippen molar-refractivity contribution in [1.82, 2.24) is 0 Å². The average molecular weight is 456 g/mol. The van der Waals surface area contributed by atoms with Crippen LogP contribution in [0.5, 0.6) is 0 Å². The molecule has 5 heteroatoms. The van der Waals surface area contributed by atoms with Crippen molar-refractivity contribution in [3.8, 4) is 0 Å². The van der Waals surface area contributed by atoms with Crippen molar-refractivity contribution < 1.29 is 14.3 Å². The average Bonchev–Trinajstić information content (AvgIpc) is 3.07. The second-order valence-electron chi connectivity index (χ2n) is 11.0. The number of aryl methyl sites for hydroxylation is 1. The Bertz CT molecular complexity index is 974. The van der Waals surface area contributed by atoms with Gasteiger partial charge in [-0.3, -0.25) is 4.79 Å². The normalized spacial score (nSPS) is 16.4. The summed E-state index contributed by atoms with van der Waals surface area (Å²) >= 11 is 1.55. The minimum absolute atomic E-state index is 0.0685. The van der Waals surface area contributed by atoms with Crippen molar-refractivity contribution in [2.24, 2.45) is 11.3 Å². The SMILES string of the molecule is COC(=O)c1c(NC(=O)CCc2ccc(C(C)(C)C)cc2)sc2c1CCC(C(C)(C)C)C2. The van der Waals surface area contributed by atoms with Crippen LogP contribution in [-0.4, -0.2) is 19.0 Å². The monoisotopic (exact) mass is 455 g/mol. The molecule has 0 saturated heterocycles. The molecule has 0 radical (unpaired) electrons. The molecule has 0 spiro atoms. The Morgan fingerprint density at radius 1 is 1.09 bits per heavy atom. The van der Waals surface area contributed by atoms with E-state index in [1.165, 1.54) is 17.6 Å². The van der Waals surface area contributed by atoms with Crippen molar-refractivity contribution in [3.63, 3.8) is 0 Å². The molecule has 1 aromatic carbocycles. The number of fused-ring (bicyclic) bond motifs is 1. The highest BCUT2D eigenvalue weighted by molar-refractivity contribution is 7.17. The number of nitrogens with one attached hydrogen (secondary N) is 1. The van der Waals surface area contributed by atoms with Crippen LogP contribution in [0.15, 0.2) is 24.3 Å². The Morgan fingerprint density at radius 3 is 2.31 bits per heavy atom. The molecule has 1 aliphatic rings. The maximum absolute atomic E-state index is 12.8. The number of carbonyl (C=O) groups is 2. The standard InChI is InChI=1S/C27H37NO3S/c1-26(2,3)18-11-8-17(9-12-18)10-15-22(29)28-24-23(25(30)31-7)20-14-13-19(27(4,5)6)16-21(20)32-24/h8-9,11-12,19H,10,13-16H2,1-7H3,(H,28,29). The molecular formula is C27H37NO3S. The van der Waals surface area contributed by atoms with Crippen molar-refractivity contribution in [2.45, 2.75) is 79.1 Å². The summed E-state index contributed by atoms with van der Waals surface area (Å²) in [6, 6.07) is 8.48. The highest BCUT2D eigenvalue weighted by Gasteiger charge is 2.34. The Hall–Kier alpha value is -2.14. The lowest BCUT2D eigenvalue weighted by atomic mass is 9.72. The number of anilines is 1. The number of hydrogen-bond donors (Lipinski definition) is 1. The summed E-state index contributed by atoms with van der Waals surface area (Å²) < 4.78 is 5.06. The number of hydrogen-bond acceptors (Lipinski definition) is 4. The van der Waals surface area contributed by atoms with Crippen molar-refractivity contribution in [2.75, 3.05) is 12.4 Å². The lowest BCUT2D eigenvalue weighted by Crippen LogP contribution is -2.26. The van der Waals surface area contributed by atoms with Gasteiger partial charge in [-0.25, -0.2) is 4.79 Å². The van der Waals surface area contributed by atoms with Crippen molar-refractivity contribution in [1.29, 1.82) is 0 Å². The fourth-order valence-corrected chi connectivity index (χ4v) is 5.68. The zero-order chi connectivity index (χ0) is 23.7. The van der Waals surface area contributed by atoms with Crippen LogP contribution in [0.2, 0.25) is 0 Å². The first kappa shape index (κ1) is 24.5. The van der Waals surface area contributed by atoms with Gasteiger partial charge in [-0.2, -0.15) is 0 Å². The molecule has 0 fully saturated rings. The number of ether oxygens (including phenoxy) is 1. The zero-order valence-corrected chi connectivity index (χ0v) is 21.4. The number of amides is 1. The predicted molar refractivity (Wildman–Crippen MR) is 133 cm³/mol. The molecule has 1 amide bonds. The molecule has 1 N–H and O–H groups in total. The highest BCUT2D eigenvalue weighted by atomic mass is 32.1. The smallest absolute Gasteiger partial charge is 0.341 e. The van der Waals surface area contributed by atoms with Gasteiger partial charge in [-0.1, -0.05) is 65.8 Å². The van der Waals surface area contributed by atoms with Crippen LogP contribution in [0.3, 0.4) is 0 Å². The summed E-state index contributed by atoms with van der Waals surface area (Å²) in [7, 11) is 1.40. The van der Waals surface area contributed by atoms with Gasteiger partial charge in [0, 0.05) is 11.3 Å². The number of benzene rings is 1. The van der Waals surface area contributed by atoms with Crippen LogP contribution in [0, 0.1) is 11.3 Å². The van der Waals surface area contributed by atoms with Gasteiger partial charge in [0.25, 0.3) is 0 Å². The second-order valence-corrected chi connectivity index (χ2v) is 12.1. The first-order valence-corrected chi connectivity index (χ1v) is 12.3. The van der Waals surface area contributed by atoms with E-state index in [-0.39, 0.29) is 22.7 Å². The topological polar surface area (TPSA) is 55.4 Å². The predicted octanol–water partition coefficient (Wildman–Crippen LogP) is 6.55. The molecular weight excluding hydrogens is 418 g/mol. The van der Waals surface area contributed by atoms with E-state index >= 15 is 0 Å². The molecule has 0 saturated carbocycles. The summed E-state index contributed by atoms with van der Waals surface area (Å²) in [6.07, 6.45) is 3.90. The Balaban J connectivity index is 1.72. The van der Waals surface area contributed by atoms with Gasteiger partial charge in [0.05, 0.1) is 12.7 Å². The molecule has 1 heterocycles. The summed E-state index contributed by atoms with van der Waals surface area (Å²) in [6.45, 7) is 13.4. The molecule has 2 aromatic rings. The first-order valence-electron chi connectivity index (χ1n) is 11.5. The summed E-state index contributed by atoms with van der Waals surface area (Å²) in [5, 5.41) is 3.66. The molecule has 174 valence electrons. The third kappa shape index (κ3) is 5.61. The zero-order valence-electron chi connectivity index (χ0n) is 20.6. The number of esters is 1. The van der Waals surface area contributed by atoms with E-state index in [0.717, 1.165) is 30.4 Å². The van der Waals surface area contributed by atoms with E-state index in [0.29, 0.717) is 29.3 Å². The van der Waals surface area contributed by atoms with Gasteiger partial charge >= 0.3 is 5.97 Å². The van der Waals surface area contributed by atoms with Crippen molar-refractivity contribution in [3.05, 3.63) is 51.4 Å². The van der Waals surface area contributed by atoms with Gasteiger partial charge < -0.3 is 10.1 Å². The van der Waals surface area contributed by atoms with E-state index in [9.17, 15) is 9.59 Å². The maximum Gasteiger partial charge on any atom is 0.341 e. The minimum Gasteiger partial charge on any atom is -0.465 e. The van der Waals surface area contributed by atoms with Crippen LogP contribution in [-0.2, 0) is 34.2 Å². The van der Waals surface area contributed by atoms with Gasteiger partial charge in [-0.05, 0) is 59.1 Å². The molecule has 0 aliphatic heterocycles. The van der Waals surface area contributed by atoms with E-state index in [2.05, 4.69) is 71.1 Å². The molecule has 1 aliphatic carbocycles. The fourth-order valence-electron chi connectivity index (χ4n) is 4.35. The second kappa shape index (κ2) is 9.38. The third-order valence-electron chi connectivity index (χ3n) is 6.59. The molecule has 32 heavy (non-hydrogen) atoms. The van der Waals surface area contributed by atoms with Gasteiger partial charge in [-0.15, -0.1) is 11.3 Å². The number of rotatable bonds is 5. The summed E-state index contributed by atoms with van der Waals surface area (Å²) in [4.78, 5) is 26.5. The molecule has 3 rings (SSSR count). The van der Waals surface area contributed by atoms with Crippen LogP contribution < -0.4 is 5.32 Å². The molecule has 1 aromatic heterocycles. The van der Waals surface area contributed by atoms with Gasteiger partial charge in [0.2, 0.25) is 5.91 Å². The van der Waals surface area contributed by atoms with Gasteiger partial charge in [0.15, 0.2) is 0 Å². The van der Waals surface area contributed by atoms with Crippen LogP contribution in [0.25, 0.3) is 0 Å². The third-order valence-corrected chi connectivity index (χ3v) is 7.76. The lowest BCUT2D eigenvalue weighted by Gasteiger charge is -2.33. The minimum atomic E-state index is -0.357. The number of methoxy groups -OCH3 is 1. The molecule has 1 atom stereocenters. The largest absolute Gasteiger partial charge is 0.465 e. The van der Waals surface area contributed by atoms with Crippen LogP contribution in [0.4, 0.5) is 5.00 Å². The quantitative estimate of drug-likeness (QED) is 0.520. The van der Waals surface area contributed by atoms with Gasteiger partial charge in [0.1, 0.15) is 5.00 Å². The van der Waals surface area contributed by atoms with Crippen LogP contribution in [0.1, 0.15) is 86.3 Å². The first-order chi connectivity index (χ1) is 14.9. The highest BCUT2D eigenvalue weighted by Crippen LogP contribution is 2.44. The number of thiophene rings is 1. The number of carbonyl (C=O) groups excluding carboxylic acids is 2. The van der Waals surface area contributed by atoms with E-state index < -0.39 is 0 Å². The summed E-state index contributed by atoms with van der Waals surface area (Å²) in [5.41, 5.74) is 4.38. The van der Waals surface area contributed by atoms with Crippen molar-refractivity contribution >= 4 is 28.2 Å².